The second-order valence-electron chi connectivity index (χ2n) is 6.35. The Morgan fingerprint density at radius 2 is 2.00 bits per heavy atom. The van der Waals surface area contributed by atoms with Crippen molar-refractivity contribution in [3.63, 3.8) is 0 Å². The van der Waals surface area contributed by atoms with Gasteiger partial charge in [-0.15, -0.1) is 0 Å². The van der Waals surface area contributed by atoms with Crippen molar-refractivity contribution in [1.29, 1.82) is 0 Å². The van der Waals surface area contributed by atoms with Crippen LogP contribution in [0.1, 0.15) is 18.6 Å². The zero-order chi connectivity index (χ0) is 17.5. The van der Waals surface area contributed by atoms with Gasteiger partial charge in [0, 0.05) is 6.54 Å². The number of hydrogen-bond donors (Lipinski definition) is 1. The highest BCUT2D eigenvalue weighted by molar-refractivity contribution is 5.77. The van der Waals surface area contributed by atoms with Crippen LogP contribution in [-0.4, -0.2) is 37.0 Å². The minimum atomic E-state index is -0.324. The fourth-order valence-electron chi connectivity index (χ4n) is 2.96. The molecular formula is C19H23FN2O3. The molecule has 5 nitrogen and oxygen atoms in total. The molecule has 2 heterocycles. The van der Waals surface area contributed by atoms with E-state index < -0.39 is 0 Å². The molecule has 3 rings (SSSR count). The molecule has 1 aromatic carbocycles. The van der Waals surface area contributed by atoms with Crippen LogP contribution in [0, 0.1) is 11.7 Å². The number of amides is 1. The van der Waals surface area contributed by atoms with Gasteiger partial charge in [0.25, 0.3) is 5.91 Å². The van der Waals surface area contributed by atoms with Crippen LogP contribution in [0.3, 0.4) is 0 Å². The number of carbonyl (C=O) groups is 1. The molecule has 0 radical (unpaired) electrons. The van der Waals surface area contributed by atoms with Gasteiger partial charge in [0.05, 0.1) is 12.8 Å². The van der Waals surface area contributed by atoms with Crippen LogP contribution in [0.15, 0.2) is 47.1 Å². The van der Waals surface area contributed by atoms with Gasteiger partial charge in [-0.25, -0.2) is 4.39 Å². The molecule has 0 spiro atoms. The van der Waals surface area contributed by atoms with Gasteiger partial charge in [-0.3, -0.25) is 9.69 Å². The van der Waals surface area contributed by atoms with Crippen molar-refractivity contribution >= 4 is 5.91 Å². The standard InChI is InChI=1S/C19H23FN2O3/c20-16-3-5-17(6-4-16)25-14-19(23)21-12-15-7-9-22(10-8-15)13-18-2-1-11-24-18/h1-6,11,15H,7-10,12-14H2,(H,21,23). The molecule has 1 N–H and O–H groups in total. The molecule has 134 valence electrons. The van der Waals surface area contributed by atoms with Crippen LogP contribution in [0.5, 0.6) is 5.75 Å². The summed E-state index contributed by atoms with van der Waals surface area (Å²) in [6, 6.07) is 9.54. The smallest absolute Gasteiger partial charge is 0.257 e. The minimum absolute atomic E-state index is 0.0526. The van der Waals surface area contributed by atoms with Crippen molar-refractivity contribution in [3.05, 3.63) is 54.2 Å². The molecule has 0 aliphatic carbocycles. The first-order valence-corrected chi connectivity index (χ1v) is 8.59. The summed E-state index contributed by atoms with van der Waals surface area (Å²) in [5, 5.41) is 2.92. The summed E-state index contributed by atoms with van der Waals surface area (Å²) in [5.74, 6) is 1.49. The van der Waals surface area contributed by atoms with Gasteiger partial charge in [-0.2, -0.15) is 0 Å². The van der Waals surface area contributed by atoms with Crippen molar-refractivity contribution in [2.75, 3.05) is 26.2 Å². The predicted molar refractivity (Wildman–Crippen MR) is 91.6 cm³/mol. The summed E-state index contributed by atoms with van der Waals surface area (Å²) in [7, 11) is 0. The van der Waals surface area contributed by atoms with Crippen LogP contribution < -0.4 is 10.1 Å². The van der Waals surface area contributed by atoms with Gasteiger partial charge in [0.2, 0.25) is 0 Å². The van der Waals surface area contributed by atoms with Crippen molar-refractivity contribution < 1.29 is 18.3 Å². The average molecular weight is 346 g/mol. The summed E-state index contributed by atoms with van der Waals surface area (Å²) < 4.78 is 23.5. The maximum absolute atomic E-state index is 12.8. The van der Waals surface area contributed by atoms with E-state index >= 15 is 0 Å². The summed E-state index contributed by atoms with van der Waals surface area (Å²) >= 11 is 0. The normalized spacial score (nSPS) is 15.9. The van der Waals surface area contributed by atoms with Crippen LogP contribution in [0.2, 0.25) is 0 Å². The van der Waals surface area contributed by atoms with Gasteiger partial charge < -0.3 is 14.5 Å². The summed E-state index contributed by atoms with van der Waals surface area (Å²) in [4.78, 5) is 14.2. The number of ether oxygens (including phenoxy) is 1. The Balaban J connectivity index is 1.31. The van der Waals surface area contributed by atoms with E-state index in [0.717, 1.165) is 38.2 Å². The molecule has 2 aromatic rings. The van der Waals surface area contributed by atoms with E-state index in [9.17, 15) is 9.18 Å². The molecule has 1 saturated heterocycles. The van der Waals surface area contributed by atoms with Gasteiger partial charge in [0.1, 0.15) is 17.3 Å². The van der Waals surface area contributed by atoms with Crippen molar-refractivity contribution in [2.45, 2.75) is 19.4 Å². The Hall–Kier alpha value is -2.34. The molecule has 6 heteroatoms. The van der Waals surface area contributed by atoms with E-state index in [2.05, 4.69) is 10.2 Å². The zero-order valence-electron chi connectivity index (χ0n) is 14.1. The van der Waals surface area contributed by atoms with E-state index in [4.69, 9.17) is 9.15 Å². The summed E-state index contributed by atoms with van der Waals surface area (Å²) in [6.45, 7) is 3.47. The number of rotatable bonds is 7. The molecule has 0 unspecified atom stereocenters. The van der Waals surface area contributed by atoms with Crippen molar-refractivity contribution in [1.82, 2.24) is 10.2 Å². The van der Waals surface area contributed by atoms with Gasteiger partial charge in [-0.05, 0) is 68.2 Å². The third kappa shape index (κ3) is 5.60. The topological polar surface area (TPSA) is 54.7 Å². The van der Waals surface area contributed by atoms with Crippen LogP contribution in [0.4, 0.5) is 4.39 Å². The van der Waals surface area contributed by atoms with Crippen LogP contribution >= 0.6 is 0 Å². The molecule has 1 aliphatic rings. The lowest BCUT2D eigenvalue weighted by atomic mass is 9.96. The summed E-state index contributed by atoms with van der Waals surface area (Å²) in [6.07, 6.45) is 3.81. The zero-order valence-corrected chi connectivity index (χ0v) is 14.1. The first-order chi connectivity index (χ1) is 12.2. The number of hydrogen-bond acceptors (Lipinski definition) is 4. The van der Waals surface area contributed by atoms with Crippen LogP contribution in [0.25, 0.3) is 0 Å². The van der Waals surface area contributed by atoms with Crippen molar-refractivity contribution in [3.8, 4) is 5.75 Å². The fraction of sp³-hybridized carbons (Fsp3) is 0.421. The van der Waals surface area contributed by atoms with Crippen molar-refractivity contribution in [2.24, 2.45) is 5.92 Å². The van der Waals surface area contributed by atoms with E-state index in [1.165, 1.54) is 24.3 Å². The second kappa shape index (κ2) is 8.67. The lowest BCUT2D eigenvalue weighted by Crippen LogP contribution is -2.39. The fourth-order valence-corrected chi connectivity index (χ4v) is 2.96. The molecule has 1 fully saturated rings. The molecule has 1 amide bonds. The minimum Gasteiger partial charge on any atom is -0.484 e. The van der Waals surface area contributed by atoms with E-state index in [1.807, 2.05) is 12.1 Å². The number of nitrogens with one attached hydrogen (secondary N) is 1. The Bertz CT molecular complexity index is 650. The highest BCUT2D eigenvalue weighted by Crippen LogP contribution is 2.18. The van der Waals surface area contributed by atoms with E-state index in [1.54, 1.807) is 6.26 Å². The molecule has 0 saturated carbocycles. The Morgan fingerprint density at radius 1 is 1.24 bits per heavy atom. The lowest BCUT2D eigenvalue weighted by molar-refractivity contribution is -0.123. The number of furan rings is 1. The molecule has 1 aromatic heterocycles. The third-order valence-corrected chi connectivity index (χ3v) is 4.44. The summed E-state index contributed by atoms with van der Waals surface area (Å²) in [5.41, 5.74) is 0. The van der Waals surface area contributed by atoms with Gasteiger partial charge in [-0.1, -0.05) is 0 Å². The van der Waals surface area contributed by atoms with Crippen LogP contribution in [-0.2, 0) is 11.3 Å². The molecule has 0 bridgehead atoms. The molecular weight excluding hydrogens is 323 g/mol. The third-order valence-electron chi connectivity index (χ3n) is 4.44. The molecule has 0 atom stereocenters. The maximum Gasteiger partial charge on any atom is 0.257 e. The quantitative estimate of drug-likeness (QED) is 0.838. The molecule has 1 aliphatic heterocycles. The lowest BCUT2D eigenvalue weighted by Gasteiger charge is -2.31. The Labute approximate surface area is 146 Å². The number of nitrogens with zero attached hydrogens (tertiary/aromatic N) is 1. The first kappa shape index (κ1) is 17.5. The number of piperidine rings is 1. The van der Waals surface area contributed by atoms with Gasteiger partial charge >= 0.3 is 0 Å². The number of likely N-dealkylation sites (tertiary alicyclic amines) is 1. The second-order valence-corrected chi connectivity index (χ2v) is 6.35. The molecule has 25 heavy (non-hydrogen) atoms. The maximum atomic E-state index is 12.8. The number of benzene rings is 1. The first-order valence-electron chi connectivity index (χ1n) is 8.59. The highest BCUT2D eigenvalue weighted by atomic mass is 19.1. The Kier molecular flexibility index (Phi) is 6.06. The highest BCUT2D eigenvalue weighted by Gasteiger charge is 2.20. The van der Waals surface area contributed by atoms with Gasteiger partial charge in [0.15, 0.2) is 6.61 Å². The number of carbonyl (C=O) groups excluding carboxylic acids is 1. The largest absolute Gasteiger partial charge is 0.484 e. The SMILES string of the molecule is O=C(COc1ccc(F)cc1)NCC1CCN(Cc2ccco2)CC1. The van der Waals surface area contributed by atoms with E-state index in [0.29, 0.717) is 18.2 Å². The van der Waals surface area contributed by atoms with E-state index in [-0.39, 0.29) is 18.3 Å². The average Bonchev–Trinajstić information content (AvgIpc) is 3.14. The Morgan fingerprint density at radius 3 is 2.68 bits per heavy atom. The number of halogens is 1. The predicted octanol–water partition coefficient (Wildman–Crippen LogP) is 2.83. The monoisotopic (exact) mass is 346 g/mol.